The lowest BCUT2D eigenvalue weighted by molar-refractivity contribution is 0.499. The van der Waals surface area contributed by atoms with Gasteiger partial charge in [0.1, 0.15) is 5.76 Å². The lowest BCUT2D eigenvalue weighted by Gasteiger charge is -2.08. The van der Waals surface area contributed by atoms with Crippen LogP contribution in [0.5, 0.6) is 0 Å². The summed E-state index contributed by atoms with van der Waals surface area (Å²) < 4.78 is 5.40. The molecule has 2 rings (SSSR count). The van der Waals surface area contributed by atoms with Crippen LogP contribution < -0.4 is 0 Å². The molecule has 0 bridgehead atoms. The van der Waals surface area contributed by atoms with Crippen molar-refractivity contribution in [1.29, 1.82) is 0 Å². The second kappa shape index (κ2) is 4.75. The van der Waals surface area contributed by atoms with Gasteiger partial charge < -0.3 is 4.42 Å². The molecular formula is C14H15ClO. The topological polar surface area (TPSA) is 13.1 Å². The van der Waals surface area contributed by atoms with Gasteiger partial charge in [0.2, 0.25) is 0 Å². The Kier molecular flexibility index (Phi) is 3.35. The quantitative estimate of drug-likeness (QED) is 0.717. The normalized spacial score (nSPS) is 12.7. The Morgan fingerprint density at radius 1 is 1.25 bits per heavy atom. The van der Waals surface area contributed by atoms with Gasteiger partial charge in [0, 0.05) is 0 Å². The monoisotopic (exact) mass is 234 g/mol. The fourth-order valence-corrected chi connectivity index (χ4v) is 2.25. The number of aryl methyl sites for hydroxylation is 2. The molecule has 0 aliphatic carbocycles. The van der Waals surface area contributed by atoms with Gasteiger partial charge in [0.15, 0.2) is 0 Å². The van der Waals surface area contributed by atoms with Gasteiger partial charge in [-0.2, -0.15) is 0 Å². The molecule has 84 valence electrons. The molecular weight excluding hydrogens is 220 g/mol. The van der Waals surface area contributed by atoms with Crippen LogP contribution in [0.2, 0.25) is 0 Å². The van der Waals surface area contributed by atoms with Crippen molar-refractivity contribution in [2.24, 2.45) is 0 Å². The highest BCUT2D eigenvalue weighted by molar-refractivity contribution is 6.20. The number of rotatable bonds is 3. The molecule has 0 spiro atoms. The van der Waals surface area contributed by atoms with Gasteiger partial charge in [-0.3, -0.25) is 0 Å². The largest absolute Gasteiger partial charge is 0.467 e. The Balaban J connectivity index is 2.14. The van der Waals surface area contributed by atoms with Gasteiger partial charge in [-0.15, -0.1) is 11.6 Å². The molecule has 1 atom stereocenters. The third-order valence-electron chi connectivity index (χ3n) is 2.68. The molecule has 0 saturated carbocycles. The van der Waals surface area contributed by atoms with Gasteiger partial charge in [-0.05, 0) is 37.5 Å². The number of alkyl halides is 1. The maximum atomic E-state index is 6.35. The first kappa shape index (κ1) is 11.3. The van der Waals surface area contributed by atoms with Crippen molar-refractivity contribution in [1.82, 2.24) is 0 Å². The zero-order chi connectivity index (χ0) is 11.5. The summed E-state index contributed by atoms with van der Waals surface area (Å²) in [4.78, 5) is 0. The lowest BCUT2D eigenvalue weighted by atomic mass is 10.0. The van der Waals surface area contributed by atoms with Crippen LogP contribution in [0.1, 0.15) is 27.8 Å². The highest BCUT2D eigenvalue weighted by Crippen LogP contribution is 2.28. The molecule has 2 heteroatoms. The summed E-state index contributed by atoms with van der Waals surface area (Å²) in [6, 6.07) is 10.4. The lowest BCUT2D eigenvalue weighted by Crippen LogP contribution is -1.96. The van der Waals surface area contributed by atoms with E-state index in [1.165, 1.54) is 11.1 Å². The minimum Gasteiger partial charge on any atom is -0.467 e. The van der Waals surface area contributed by atoms with Crippen LogP contribution in [0.25, 0.3) is 0 Å². The fraction of sp³-hybridized carbons (Fsp3) is 0.286. The maximum absolute atomic E-state index is 6.35. The van der Waals surface area contributed by atoms with E-state index >= 15 is 0 Å². The average Bonchev–Trinajstić information content (AvgIpc) is 2.64. The minimum absolute atomic E-state index is 0.0863. The van der Waals surface area contributed by atoms with E-state index in [0.717, 1.165) is 17.7 Å². The van der Waals surface area contributed by atoms with E-state index in [9.17, 15) is 0 Å². The molecule has 0 aliphatic heterocycles. The zero-order valence-electron chi connectivity index (χ0n) is 9.53. The van der Waals surface area contributed by atoms with Crippen molar-refractivity contribution in [2.45, 2.75) is 25.6 Å². The van der Waals surface area contributed by atoms with Crippen LogP contribution in [-0.4, -0.2) is 0 Å². The van der Waals surface area contributed by atoms with Crippen LogP contribution in [0, 0.1) is 13.8 Å². The predicted octanol–water partition coefficient (Wildman–Crippen LogP) is 4.42. The number of benzene rings is 1. The smallest absolute Gasteiger partial charge is 0.124 e. The Labute approximate surface area is 101 Å². The minimum atomic E-state index is -0.0863. The van der Waals surface area contributed by atoms with Gasteiger partial charge >= 0.3 is 0 Å². The summed E-state index contributed by atoms with van der Waals surface area (Å²) in [5, 5.41) is -0.0863. The van der Waals surface area contributed by atoms with Gasteiger partial charge in [-0.1, -0.05) is 29.8 Å². The molecule has 16 heavy (non-hydrogen) atoms. The maximum Gasteiger partial charge on any atom is 0.124 e. The van der Waals surface area contributed by atoms with E-state index in [0.29, 0.717) is 0 Å². The van der Waals surface area contributed by atoms with E-state index in [1.54, 1.807) is 6.26 Å². The average molecular weight is 235 g/mol. The van der Waals surface area contributed by atoms with Crippen LogP contribution in [-0.2, 0) is 6.42 Å². The van der Waals surface area contributed by atoms with E-state index in [1.807, 2.05) is 13.0 Å². The first-order valence-electron chi connectivity index (χ1n) is 5.40. The van der Waals surface area contributed by atoms with E-state index in [2.05, 4.69) is 31.2 Å². The number of hydrogen-bond donors (Lipinski definition) is 0. The Morgan fingerprint density at radius 2 is 2.06 bits per heavy atom. The third kappa shape index (κ3) is 2.48. The predicted molar refractivity (Wildman–Crippen MR) is 66.9 cm³/mol. The molecule has 1 heterocycles. The van der Waals surface area contributed by atoms with E-state index in [4.69, 9.17) is 16.0 Å². The van der Waals surface area contributed by atoms with Crippen molar-refractivity contribution < 1.29 is 4.42 Å². The Hall–Kier alpha value is -1.21. The van der Waals surface area contributed by atoms with E-state index in [-0.39, 0.29) is 5.38 Å². The highest BCUT2D eigenvalue weighted by Gasteiger charge is 2.14. The first-order valence-corrected chi connectivity index (χ1v) is 5.84. The Bertz CT molecular complexity index is 473. The molecule has 1 aromatic carbocycles. The molecule has 0 amide bonds. The number of hydrogen-bond acceptors (Lipinski definition) is 1. The third-order valence-corrected chi connectivity index (χ3v) is 3.04. The van der Waals surface area contributed by atoms with Crippen LogP contribution >= 0.6 is 11.6 Å². The SMILES string of the molecule is Cc1cccc(CC(Cl)c2occc2C)c1. The van der Waals surface area contributed by atoms with Crippen LogP contribution in [0.15, 0.2) is 41.0 Å². The molecule has 1 nitrogen and oxygen atoms in total. The van der Waals surface area contributed by atoms with Crippen molar-refractivity contribution in [2.75, 3.05) is 0 Å². The fourth-order valence-electron chi connectivity index (χ4n) is 1.84. The summed E-state index contributed by atoms with van der Waals surface area (Å²) in [5.41, 5.74) is 3.63. The van der Waals surface area contributed by atoms with Crippen LogP contribution in [0.3, 0.4) is 0 Å². The molecule has 0 aliphatic rings. The summed E-state index contributed by atoms with van der Waals surface area (Å²) in [6.45, 7) is 4.11. The molecule has 1 unspecified atom stereocenters. The highest BCUT2D eigenvalue weighted by atomic mass is 35.5. The molecule has 2 aromatic rings. The Morgan fingerprint density at radius 3 is 2.69 bits per heavy atom. The molecule has 0 fully saturated rings. The molecule has 1 aromatic heterocycles. The van der Waals surface area contributed by atoms with Crippen molar-refractivity contribution in [3.05, 3.63) is 59.0 Å². The van der Waals surface area contributed by atoms with Crippen molar-refractivity contribution in [3.63, 3.8) is 0 Å². The van der Waals surface area contributed by atoms with Gasteiger partial charge in [0.25, 0.3) is 0 Å². The van der Waals surface area contributed by atoms with Crippen molar-refractivity contribution in [3.8, 4) is 0 Å². The first-order chi connectivity index (χ1) is 7.66. The second-order valence-corrected chi connectivity index (χ2v) is 4.66. The van der Waals surface area contributed by atoms with Gasteiger partial charge in [-0.25, -0.2) is 0 Å². The summed E-state index contributed by atoms with van der Waals surface area (Å²) >= 11 is 6.35. The molecule has 0 N–H and O–H groups in total. The molecule has 0 radical (unpaired) electrons. The number of furan rings is 1. The van der Waals surface area contributed by atoms with Crippen LogP contribution in [0.4, 0.5) is 0 Å². The van der Waals surface area contributed by atoms with Gasteiger partial charge in [0.05, 0.1) is 11.6 Å². The molecule has 0 saturated heterocycles. The summed E-state index contributed by atoms with van der Waals surface area (Å²) in [6.07, 6.45) is 2.49. The van der Waals surface area contributed by atoms with Crippen molar-refractivity contribution >= 4 is 11.6 Å². The van der Waals surface area contributed by atoms with E-state index < -0.39 is 0 Å². The summed E-state index contributed by atoms with van der Waals surface area (Å²) in [7, 11) is 0. The number of halogens is 1. The standard InChI is InChI=1S/C14H15ClO/c1-10-4-3-5-12(8-10)9-13(15)14-11(2)6-7-16-14/h3-8,13H,9H2,1-2H3. The summed E-state index contributed by atoms with van der Waals surface area (Å²) in [5.74, 6) is 0.878. The second-order valence-electron chi connectivity index (χ2n) is 4.13. The zero-order valence-corrected chi connectivity index (χ0v) is 10.3.